The molecular formula is C14H17N3. The number of hydrogen-bond donors (Lipinski definition) is 0. The van der Waals surface area contributed by atoms with Gasteiger partial charge in [-0.1, -0.05) is 23.8 Å². The Kier molecular flexibility index (Phi) is 2.67. The van der Waals surface area contributed by atoms with Crippen molar-refractivity contribution in [3.8, 4) is 0 Å². The molecule has 0 unspecified atom stereocenters. The number of fused-ring (bicyclic) bond motifs is 1. The zero-order chi connectivity index (χ0) is 11.7. The maximum absolute atomic E-state index is 4.28. The third-order valence-electron chi connectivity index (χ3n) is 3.64. The fourth-order valence-corrected chi connectivity index (χ4v) is 2.61. The van der Waals surface area contributed by atoms with Crippen molar-refractivity contribution >= 4 is 16.7 Å². The highest BCUT2D eigenvalue weighted by molar-refractivity contribution is 5.77. The molecular weight excluding hydrogens is 210 g/mol. The van der Waals surface area contributed by atoms with E-state index in [9.17, 15) is 0 Å². The Balaban J connectivity index is 2.08. The van der Waals surface area contributed by atoms with Crippen molar-refractivity contribution in [1.82, 2.24) is 15.0 Å². The van der Waals surface area contributed by atoms with Crippen molar-refractivity contribution in [3.05, 3.63) is 29.8 Å². The summed E-state index contributed by atoms with van der Waals surface area (Å²) in [5.41, 5.74) is 4.91. The van der Waals surface area contributed by atoms with Crippen LogP contribution in [0.5, 0.6) is 0 Å². The van der Waals surface area contributed by atoms with Gasteiger partial charge in [0.2, 0.25) is 0 Å². The van der Waals surface area contributed by atoms with Crippen molar-refractivity contribution in [1.29, 1.82) is 0 Å². The van der Waals surface area contributed by atoms with E-state index in [0.29, 0.717) is 0 Å². The zero-order valence-electron chi connectivity index (χ0n) is 10.2. The topological polar surface area (TPSA) is 30.7 Å². The van der Waals surface area contributed by atoms with Gasteiger partial charge in [-0.05, 0) is 50.3 Å². The Labute approximate surface area is 101 Å². The van der Waals surface area contributed by atoms with Gasteiger partial charge in [0.25, 0.3) is 0 Å². The second-order valence-corrected chi connectivity index (χ2v) is 4.74. The van der Waals surface area contributed by atoms with Gasteiger partial charge >= 0.3 is 0 Å². The van der Waals surface area contributed by atoms with Crippen LogP contribution in [0.4, 0.5) is 0 Å². The van der Waals surface area contributed by atoms with Gasteiger partial charge in [-0.3, -0.25) is 0 Å². The summed E-state index contributed by atoms with van der Waals surface area (Å²) in [7, 11) is 0. The summed E-state index contributed by atoms with van der Waals surface area (Å²) < 4.78 is 2.00. The average Bonchev–Trinajstić information content (AvgIpc) is 2.83. The minimum absolute atomic E-state index is 0.975. The number of nitrogens with zero attached hydrogens (tertiary/aromatic N) is 3. The van der Waals surface area contributed by atoms with E-state index in [2.05, 4.69) is 23.3 Å². The van der Waals surface area contributed by atoms with Crippen molar-refractivity contribution in [2.75, 3.05) is 0 Å². The van der Waals surface area contributed by atoms with E-state index in [1.807, 2.05) is 22.9 Å². The van der Waals surface area contributed by atoms with Crippen LogP contribution in [0.2, 0.25) is 0 Å². The van der Waals surface area contributed by atoms with Gasteiger partial charge in [-0.15, -0.1) is 5.10 Å². The SMILES string of the molecule is CC(=C1CCCCC1)n1nnc2ccccc21. The average molecular weight is 227 g/mol. The van der Waals surface area contributed by atoms with Crippen LogP contribution in [0.1, 0.15) is 39.0 Å². The summed E-state index contributed by atoms with van der Waals surface area (Å²) in [6.45, 7) is 2.17. The maximum Gasteiger partial charge on any atom is 0.113 e. The molecule has 0 radical (unpaired) electrons. The molecule has 1 aliphatic rings. The van der Waals surface area contributed by atoms with E-state index in [-0.39, 0.29) is 0 Å². The Hall–Kier alpha value is -1.64. The van der Waals surface area contributed by atoms with Crippen LogP contribution >= 0.6 is 0 Å². The molecule has 0 saturated heterocycles. The molecule has 1 aromatic carbocycles. The lowest BCUT2D eigenvalue weighted by Crippen LogP contribution is -2.03. The van der Waals surface area contributed by atoms with Crippen molar-refractivity contribution < 1.29 is 0 Å². The fourth-order valence-electron chi connectivity index (χ4n) is 2.61. The Bertz CT molecular complexity index is 558. The molecule has 0 aliphatic heterocycles. The molecule has 1 aromatic heterocycles. The van der Waals surface area contributed by atoms with E-state index >= 15 is 0 Å². The molecule has 88 valence electrons. The van der Waals surface area contributed by atoms with Gasteiger partial charge in [-0.2, -0.15) is 0 Å². The quantitative estimate of drug-likeness (QED) is 0.744. The highest BCUT2D eigenvalue weighted by Gasteiger charge is 2.12. The monoisotopic (exact) mass is 227 g/mol. The first kappa shape index (κ1) is 10.5. The van der Waals surface area contributed by atoms with Crippen LogP contribution in [0, 0.1) is 0 Å². The number of rotatable bonds is 1. The van der Waals surface area contributed by atoms with Gasteiger partial charge in [0.05, 0.1) is 5.52 Å². The Morgan fingerprint density at radius 1 is 1.12 bits per heavy atom. The third-order valence-corrected chi connectivity index (χ3v) is 3.64. The van der Waals surface area contributed by atoms with Gasteiger partial charge in [0.15, 0.2) is 0 Å². The predicted molar refractivity (Wildman–Crippen MR) is 69.5 cm³/mol. The first-order valence-corrected chi connectivity index (χ1v) is 6.36. The first-order chi connectivity index (χ1) is 8.36. The highest BCUT2D eigenvalue weighted by atomic mass is 15.4. The molecule has 0 atom stereocenters. The molecule has 3 heteroatoms. The molecule has 1 saturated carbocycles. The molecule has 3 rings (SSSR count). The number of allylic oxidation sites excluding steroid dienone is 2. The molecule has 0 N–H and O–H groups in total. The molecule has 0 bridgehead atoms. The second kappa shape index (κ2) is 4.32. The van der Waals surface area contributed by atoms with E-state index in [1.165, 1.54) is 37.8 Å². The summed E-state index contributed by atoms with van der Waals surface area (Å²) >= 11 is 0. The standard InChI is InChI=1S/C14H17N3/c1-11(12-7-3-2-4-8-12)17-14-10-6-5-9-13(14)15-16-17/h5-6,9-10H,2-4,7-8H2,1H3. The summed E-state index contributed by atoms with van der Waals surface area (Å²) in [6.07, 6.45) is 6.45. The number of benzene rings is 1. The normalized spacial score (nSPS) is 16.4. The second-order valence-electron chi connectivity index (χ2n) is 4.74. The predicted octanol–water partition coefficient (Wildman–Crippen LogP) is 3.63. The Morgan fingerprint density at radius 3 is 2.71 bits per heavy atom. The summed E-state index contributed by atoms with van der Waals surface area (Å²) in [5.74, 6) is 0. The molecule has 2 aromatic rings. The lowest BCUT2D eigenvalue weighted by molar-refractivity contribution is 0.595. The minimum atomic E-state index is 0.975. The van der Waals surface area contributed by atoms with Gasteiger partial charge in [0.1, 0.15) is 5.52 Å². The zero-order valence-corrected chi connectivity index (χ0v) is 10.2. The Morgan fingerprint density at radius 2 is 1.88 bits per heavy atom. The van der Waals surface area contributed by atoms with E-state index in [4.69, 9.17) is 0 Å². The number of aromatic nitrogens is 3. The van der Waals surface area contributed by atoms with Crippen LogP contribution in [-0.2, 0) is 0 Å². The van der Waals surface area contributed by atoms with E-state index in [1.54, 1.807) is 5.57 Å². The van der Waals surface area contributed by atoms with E-state index in [0.717, 1.165) is 11.0 Å². The van der Waals surface area contributed by atoms with Crippen LogP contribution in [0.25, 0.3) is 16.7 Å². The summed E-state index contributed by atoms with van der Waals surface area (Å²) in [6, 6.07) is 8.14. The maximum atomic E-state index is 4.28. The molecule has 0 amide bonds. The van der Waals surface area contributed by atoms with Crippen LogP contribution in [-0.4, -0.2) is 15.0 Å². The van der Waals surface area contributed by atoms with Crippen LogP contribution < -0.4 is 0 Å². The molecule has 1 heterocycles. The van der Waals surface area contributed by atoms with E-state index < -0.39 is 0 Å². The summed E-state index contributed by atoms with van der Waals surface area (Å²) in [4.78, 5) is 0. The number of para-hydroxylation sites is 1. The highest BCUT2D eigenvalue weighted by Crippen LogP contribution is 2.28. The van der Waals surface area contributed by atoms with Crippen molar-refractivity contribution in [2.24, 2.45) is 0 Å². The number of hydrogen-bond acceptors (Lipinski definition) is 2. The van der Waals surface area contributed by atoms with Crippen LogP contribution in [0.15, 0.2) is 29.8 Å². The van der Waals surface area contributed by atoms with Gasteiger partial charge in [0, 0.05) is 5.70 Å². The molecule has 17 heavy (non-hydrogen) atoms. The third kappa shape index (κ3) is 1.86. The van der Waals surface area contributed by atoms with Gasteiger partial charge < -0.3 is 0 Å². The van der Waals surface area contributed by atoms with Crippen LogP contribution in [0.3, 0.4) is 0 Å². The largest absolute Gasteiger partial charge is 0.217 e. The van der Waals surface area contributed by atoms with Gasteiger partial charge in [-0.25, -0.2) is 4.68 Å². The lowest BCUT2D eigenvalue weighted by atomic mass is 9.93. The fraction of sp³-hybridized carbons (Fsp3) is 0.429. The smallest absolute Gasteiger partial charge is 0.113 e. The lowest BCUT2D eigenvalue weighted by Gasteiger charge is -2.17. The molecule has 3 nitrogen and oxygen atoms in total. The molecule has 1 fully saturated rings. The van der Waals surface area contributed by atoms with Crippen molar-refractivity contribution in [3.63, 3.8) is 0 Å². The molecule has 1 aliphatic carbocycles. The summed E-state index contributed by atoms with van der Waals surface area (Å²) in [5, 5.41) is 8.49. The first-order valence-electron chi connectivity index (χ1n) is 6.36. The molecule has 0 spiro atoms. The minimum Gasteiger partial charge on any atom is -0.217 e. The van der Waals surface area contributed by atoms with Crippen molar-refractivity contribution in [2.45, 2.75) is 39.0 Å².